The van der Waals surface area contributed by atoms with Crippen LogP contribution in [0.4, 0.5) is 0 Å². The molecule has 0 spiro atoms. The second kappa shape index (κ2) is 7.39. The molecule has 19 heavy (non-hydrogen) atoms. The van der Waals surface area contributed by atoms with Gasteiger partial charge in [-0.1, -0.05) is 26.0 Å². The van der Waals surface area contributed by atoms with Gasteiger partial charge >= 0.3 is 0 Å². The molecule has 0 radical (unpaired) electrons. The average Bonchev–Trinajstić information content (AvgIpc) is 2.63. The summed E-state index contributed by atoms with van der Waals surface area (Å²) in [5.74, 6) is 2.60. The minimum atomic E-state index is 0.747. The van der Waals surface area contributed by atoms with Gasteiger partial charge in [0.05, 0.1) is 13.2 Å². The fourth-order valence-corrected chi connectivity index (χ4v) is 2.25. The molecule has 3 heteroatoms. The summed E-state index contributed by atoms with van der Waals surface area (Å²) < 4.78 is 11.5. The van der Waals surface area contributed by atoms with Crippen LogP contribution in [0.2, 0.25) is 0 Å². The van der Waals surface area contributed by atoms with Crippen LogP contribution in [0.15, 0.2) is 18.2 Å². The van der Waals surface area contributed by atoms with Gasteiger partial charge in [-0.15, -0.1) is 0 Å². The van der Waals surface area contributed by atoms with Gasteiger partial charge in [0.15, 0.2) is 11.5 Å². The molecule has 3 nitrogen and oxygen atoms in total. The number of para-hydroxylation sites is 1. The molecule has 0 aliphatic carbocycles. The van der Waals surface area contributed by atoms with Crippen molar-refractivity contribution in [1.82, 2.24) is 5.32 Å². The van der Waals surface area contributed by atoms with Crippen molar-refractivity contribution in [1.29, 1.82) is 0 Å². The minimum Gasteiger partial charge on any atom is -0.490 e. The summed E-state index contributed by atoms with van der Waals surface area (Å²) in [6.07, 6.45) is 3.46. The van der Waals surface area contributed by atoms with Crippen LogP contribution >= 0.6 is 0 Å². The van der Waals surface area contributed by atoms with Gasteiger partial charge in [-0.2, -0.15) is 0 Å². The summed E-state index contributed by atoms with van der Waals surface area (Å²) >= 11 is 0. The molecular formula is C16H25NO2. The van der Waals surface area contributed by atoms with Crippen molar-refractivity contribution in [2.75, 3.05) is 19.8 Å². The zero-order valence-corrected chi connectivity index (χ0v) is 12.1. The maximum absolute atomic E-state index is 5.81. The Hall–Kier alpha value is -1.22. The van der Waals surface area contributed by atoms with Crippen molar-refractivity contribution >= 4 is 0 Å². The Bertz CT molecular complexity index is 390. The van der Waals surface area contributed by atoms with Crippen molar-refractivity contribution in [2.24, 2.45) is 5.92 Å². The SMILES string of the molecule is CC(C)CCCNCc1cccc2c1OCCCO2. The van der Waals surface area contributed by atoms with E-state index in [1.54, 1.807) is 0 Å². The molecule has 0 saturated carbocycles. The third-order valence-electron chi connectivity index (χ3n) is 3.30. The van der Waals surface area contributed by atoms with E-state index in [0.29, 0.717) is 0 Å². The summed E-state index contributed by atoms with van der Waals surface area (Å²) in [4.78, 5) is 0. The van der Waals surface area contributed by atoms with Crippen molar-refractivity contribution in [3.8, 4) is 11.5 Å². The molecule has 1 N–H and O–H groups in total. The third kappa shape index (κ3) is 4.43. The second-order valence-electron chi connectivity index (χ2n) is 5.51. The van der Waals surface area contributed by atoms with Gasteiger partial charge in [-0.05, 0) is 31.4 Å². The van der Waals surface area contributed by atoms with E-state index in [4.69, 9.17) is 9.47 Å². The van der Waals surface area contributed by atoms with E-state index in [0.717, 1.165) is 50.1 Å². The number of benzene rings is 1. The fourth-order valence-electron chi connectivity index (χ4n) is 2.25. The molecule has 1 aromatic rings. The average molecular weight is 263 g/mol. The zero-order chi connectivity index (χ0) is 13.5. The third-order valence-corrected chi connectivity index (χ3v) is 3.30. The van der Waals surface area contributed by atoms with E-state index >= 15 is 0 Å². The molecule has 106 valence electrons. The molecule has 2 rings (SSSR count). The van der Waals surface area contributed by atoms with E-state index in [-0.39, 0.29) is 0 Å². The Kier molecular flexibility index (Phi) is 5.52. The number of rotatable bonds is 6. The van der Waals surface area contributed by atoms with Gasteiger partial charge < -0.3 is 14.8 Å². The van der Waals surface area contributed by atoms with Crippen LogP contribution in [0.25, 0.3) is 0 Å². The maximum atomic E-state index is 5.81. The van der Waals surface area contributed by atoms with Crippen LogP contribution in [0.1, 0.15) is 38.7 Å². The van der Waals surface area contributed by atoms with Crippen LogP contribution in [0, 0.1) is 5.92 Å². The molecular weight excluding hydrogens is 238 g/mol. The number of ether oxygens (including phenoxy) is 2. The molecule has 0 fully saturated rings. The number of hydrogen-bond acceptors (Lipinski definition) is 3. The molecule has 0 unspecified atom stereocenters. The first-order valence-electron chi connectivity index (χ1n) is 7.35. The van der Waals surface area contributed by atoms with Gasteiger partial charge in [0, 0.05) is 18.5 Å². The maximum Gasteiger partial charge on any atom is 0.165 e. The lowest BCUT2D eigenvalue weighted by Gasteiger charge is -2.13. The van der Waals surface area contributed by atoms with Crippen molar-refractivity contribution in [2.45, 2.75) is 39.7 Å². The monoisotopic (exact) mass is 263 g/mol. The van der Waals surface area contributed by atoms with Gasteiger partial charge in [0.1, 0.15) is 0 Å². The first-order valence-corrected chi connectivity index (χ1v) is 7.35. The predicted octanol–water partition coefficient (Wildman–Crippen LogP) is 3.37. The highest BCUT2D eigenvalue weighted by molar-refractivity contribution is 5.46. The second-order valence-corrected chi connectivity index (χ2v) is 5.51. The van der Waals surface area contributed by atoms with Crippen LogP contribution < -0.4 is 14.8 Å². The Morgan fingerprint density at radius 1 is 1.21 bits per heavy atom. The van der Waals surface area contributed by atoms with Gasteiger partial charge in [-0.25, -0.2) is 0 Å². The van der Waals surface area contributed by atoms with E-state index in [9.17, 15) is 0 Å². The number of nitrogens with one attached hydrogen (secondary N) is 1. The Morgan fingerprint density at radius 3 is 2.89 bits per heavy atom. The van der Waals surface area contributed by atoms with Gasteiger partial charge in [0.2, 0.25) is 0 Å². The molecule has 0 saturated heterocycles. The molecule has 1 aromatic carbocycles. The largest absolute Gasteiger partial charge is 0.490 e. The summed E-state index contributed by atoms with van der Waals surface area (Å²) in [7, 11) is 0. The Balaban J connectivity index is 1.86. The number of hydrogen-bond donors (Lipinski definition) is 1. The van der Waals surface area contributed by atoms with Crippen LogP contribution in [0.5, 0.6) is 11.5 Å². The molecule has 1 aliphatic heterocycles. The lowest BCUT2D eigenvalue weighted by atomic mass is 10.1. The Morgan fingerprint density at radius 2 is 2.05 bits per heavy atom. The number of fused-ring (bicyclic) bond motifs is 1. The quantitative estimate of drug-likeness (QED) is 0.798. The standard InChI is InChI=1S/C16H25NO2/c1-13(2)6-4-9-17-12-14-7-3-8-15-16(14)19-11-5-10-18-15/h3,7-8,13,17H,4-6,9-12H2,1-2H3. The van der Waals surface area contributed by atoms with E-state index in [1.165, 1.54) is 18.4 Å². The first kappa shape index (κ1) is 14.2. The summed E-state index contributed by atoms with van der Waals surface area (Å²) in [5.41, 5.74) is 1.20. The molecule has 1 aliphatic rings. The van der Waals surface area contributed by atoms with Crippen molar-refractivity contribution < 1.29 is 9.47 Å². The van der Waals surface area contributed by atoms with Crippen molar-refractivity contribution in [3.63, 3.8) is 0 Å². The summed E-state index contributed by atoms with van der Waals surface area (Å²) in [6, 6.07) is 6.14. The molecule has 1 heterocycles. The van der Waals surface area contributed by atoms with Gasteiger partial charge in [-0.3, -0.25) is 0 Å². The highest BCUT2D eigenvalue weighted by atomic mass is 16.5. The van der Waals surface area contributed by atoms with Crippen molar-refractivity contribution in [3.05, 3.63) is 23.8 Å². The minimum absolute atomic E-state index is 0.747. The van der Waals surface area contributed by atoms with Crippen LogP contribution in [-0.4, -0.2) is 19.8 Å². The van der Waals surface area contributed by atoms with E-state index in [2.05, 4.69) is 25.2 Å². The lowest BCUT2D eigenvalue weighted by Crippen LogP contribution is -2.16. The molecule has 0 aromatic heterocycles. The van der Waals surface area contributed by atoms with Crippen LogP contribution in [-0.2, 0) is 6.54 Å². The van der Waals surface area contributed by atoms with Crippen LogP contribution in [0.3, 0.4) is 0 Å². The summed E-state index contributed by atoms with van der Waals surface area (Å²) in [5, 5.41) is 3.49. The Labute approximate surface area is 116 Å². The molecule has 0 bridgehead atoms. The molecule has 0 amide bonds. The topological polar surface area (TPSA) is 30.5 Å². The fraction of sp³-hybridized carbons (Fsp3) is 0.625. The smallest absolute Gasteiger partial charge is 0.165 e. The molecule has 0 atom stereocenters. The summed E-state index contributed by atoms with van der Waals surface area (Å²) in [6.45, 7) is 7.94. The lowest BCUT2D eigenvalue weighted by molar-refractivity contribution is 0.296. The zero-order valence-electron chi connectivity index (χ0n) is 12.1. The van der Waals surface area contributed by atoms with E-state index < -0.39 is 0 Å². The normalized spacial score (nSPS) is 14.5. The highest BCUT2D eigenvalue weighted by Crippen LogP contribution is 2.33. The van der Waals surface area contributed by atoms with E-state index in [1.807, 2.05) is 12.1 Å². The predicted molar refractivity (Wildman–Crippen MR) is 77.8 cm³/mol. The highest BCUT2D eigenvalue weighted by Gasteiger charge is 2.13. The van der Waals surface area contributed by atoms with Gasteiger partial charge in [0.25, 0.3) is 0 Å². The first-order chi connectivity index (χ1) is 9.27.